The minimum atomic E-state index is -0.00889. The van der Waals surface area contributed by atoms with Crippen LogP contribution in [0, 0.1) is 5.92 Å². The van der Waals surface area contributed by atoms with Crippen LogP contribution in [0.5, 0.6) is 0 Å². The van der Waals surface area contributed by atoms with Gasteiger partial charge in [-0.1, -0.05) is 11.2 Å². The minimum absolute atomic E-state index is 0.00889. The molecule has 0 N–H and O–H groups in total. The molecule has 1 saturated heterocycles. The zero-order chi connectivity index (χ0) is 21.0. The number of carbonyl (C=O) groups excluding carboxylic acids is 1. The predicted octanol–water partition coefficient (Wildman–Crippen LogP) is 1.60. The first kappa shape index (κ1) is 19.0. The second kappa shape index (κ2) is 8.38. The van der Waals surface area contributed by atoms with E-state index in [0.29, 0.717) is 35.9 Å². The van der Waals surface area contributed by atoms with Crippen LogP contribution in [-0.2, 0) is 6.42 Å². The molecule has 5 rings (SSSR count). The van der Waals surface area contributed by atoms with Gasteiger partial charge in [0.1, 0.15) is 12.0 Å². The van der Waals surface area contributed by atoms with Gasteiger partial charge in [-0.05, 0) is 47.4 Å². The summed E-state index contributed by atoms with van der Waals surface area (Å²) in [7, 11) is 0. The molecule has 31 heavy (non-hydrogen) atoms. The maximum atomic E-state index is 13.1. The van der Waals surface area contributed by atoms with Gasteiger partial charge in [0, 0.05) is 37.5 Å². The van der Waals surface area contributed by atoms with Gasteiger partial charge in [-0.3, -0.25) is 9.78 Å². The average molecular weight is 417 g/mol. The van der Waals surface area contributed by atoms with Crippen LogP contribution in [0.1, 0.15) is 29.1 Å². The molecule has 1 fully saturated rings. The third-order valence-corrected chi connectivity index (χ3v) is 5.24. The molecular weight excluding hydrogens is 398 g/mol. The van der Waals surface area contributed by atoms with Crippen LogP contribution in [0.3, 0.4) is 0 Å². The van der Waals surface area contributed by atoms with E-state index < -0.39 is 0 Å². The van der Waals surface area contributed by atoms with Gasteiger partial charge in [0.15, 0.2) is 0 Å². The SMILES string of the molecule is O=C(c1cccc(-n2cnnn2)c1)N1CCCC(Cc2nc(-c3cnccn3)no2)C1. The van der Waals surface area contributed by atoms with E-state index in [0.717, 1.165) is 25.1 Å². The van der Waals surface area contributed by atoms with E-state index >= 15 is 0 Å². The number of rotatable bonds is 5. The summed E-state index contributed by atoms with van der Waals surface area (Å²) < 4.78 is 6.93. The number of amides is 1. The second-order valence-corrected chi connectivity index (χ2v) is 7.37. The van der Waals surface area contributed by atoms with Crippen LogP contribution < -0.4 is 0 Å². The maximum Gasteiger partial charge on any atom is 0.253 e. The molecule has 156 valence electrons. The molecule has 4 aromatic rings. The first-order valence-electron chi connectivity index (χ1n) is 9.98. The highest BCUT2D eigenvalue weighted by Gasteiger charge is 2.26. The molecule has 1 atom stereocenters. The molecule has 0 bridgehead atoms. The predicted molar refractivity (Wildman–Crippen MR) is 107 cm³/mol. The number of hydrogen-bond donors (Lipinski definition) is 0. The summed E-state index contributed by atoms with van der Waals surface area (Å²) in [5, 5.41) is 15.2. The zero-order valence-electron chi connectivity index (χ0n) is 16.6. The van der Waals surface area contributed by atoms with Crippen molar-refractivity contribution < 1.29 is 9.32 Å². The number of hydrogen-bond acceptors (Lipinski definition) is 9. The summed E-state index contributed by atoms with van der Waals surface area (Å²) in [4.78, 5) is 27.6. The van der Waals surface area contributed by atoms with Crippen LogP contribution in [0.25, 0.3) is 17.2 Å². The Morgan fingerprint density at radius 1 is 1.26 bits per heavy atom. The molecule has 0 spiro atoms. The molecule has 4 heterocycles. The molecule has 0 saturated carbocycles. The summed E-state index contributed by atoms with van der Waals surface area (Å²) in [5.74, 6) is 1.20. The molecule has 3 aromatic heterocycles. The minimum Gasteiger partial charge on any atom is -0.339 e. The van der Waals surface area contributed by atoms with Gasteiger partial charge in [0.2, 0.25) is 11.7 Å². The van der Waals surface area contributed by atoms with Crippen molar-refractivity contribution >= 4 is 5.91 Å². The van der Waals surface area contributed by atoms with Gasteiger partial charge in [-0.25, -0.2) is 9.67 Å². The van der Waals surface area contributed by atoms with Crippen molar-refractivity contribution in [1.29, 1.82) is 0 Å². The zero-order valence-corrected chi connectivity index (χ0v) is 16.6. The van der Waals surface area contributed by atoms with Crippen molar-refractivity contribution in [3.63, 3.8) is 0 Å². The van der Waals surface area contributed by atoms with E-state index in [1.165, 1.54) is 11.0 Å². The van der Waals surface area contributed by atoms with Gasteiger partial charge in [-0.15, -0.1) is 5.10 Å². The van der Waals surface area contributed by atoms with Crippen LogP contribution in [0.15, 0.2) is 53.7 Å². The Morgan fingerprint density at radius 2 is 2.23 bits per heavy atom. The molecule has 0 aliphatic carbocycles. The third-order valence-electron chi connectivity index (χ3n) is 5.24. The number of piperidine rings is 1. The largest absolute Gasteiger partial charge is 0.339 e. The van der Waals surface area contributed by atoms with E-state index in [2.05, 4.69) is 35.6 Å². The Morgan fingerprint density at radius 3 is 3.06 bits per heavy atom. The summed E-state index contributed by atoms with van der Waals surface area (Å²) in [6.07, 6.45) is 8.81. The van der Waals surface area contributed by atoms with Crippen LogP contribution in [-0.4, -0.2) is 64.2 Å². The lowest BCUT2D eigenvalue weighted by Gasteiger charge is -2.32. The number of aromatic nitrogens is 8. The lowest BCUT2D eigenvalue weighted by Crippen LogP contribution is -2.40. The van der Waals surface area contributed by atoms with Gasteiger partial charge in [0.25, 0.3) is 5.91 Å². The normalized spacial score (nSPS) is 16.4. The van der Waals surface area contributed by atoms with E-state index in [4.69, 9.17) is 4.52 Å². The van der Waals surface area contributed by atoms with Gasteiger partial charge in [-0.2, -0.15) is 4.98 Å². The first-order valence-corrected chi connectivity index (χ1v) is 9.98. The molecule has 1 amide bonds. The van der Waals surface area contributed by atoms with Crippen molar-refractivity contribution in [2.24, 2.45) is 5.92 Å². The molecule has 1 unspecified atom stereocenters. The molecule has 1 aromatic carbocycles. The number of tetrazole rings is 1. The van der Waals surface area contributed by atoms with Crippen LogP contribution in [0.2, 0.25) is 0 Å². The Kier molecular flexibility index (Phi) is 5.13. The van der Waals surface area contributed by atoms with Crippen molar-refractivity contribution in [2.45, 2.75) is 19.3 Å². The summed E-state index contributed by atoms with van der Waals surface area (Å²) in [5.41, 5.74) is 1.92. The van der Waals surface area contributed by atoms with Crippen molar-refractivity contribution in [2.75, 3.05) is 13.1 Å². The van der Waals surface area contributed by atoms with Crippen LogP contribution >= 0.6 is 0 Å². The summed E-state index contributed by atoms with van der Waals surface area (Å²) in [6.45, 7) is 1.36. The lowest BCUT2D eigenvalue weighted by atomic mass is 9.94. The lowest BCUT2D eigenvalue weighted by molar-refractivity contribution is 0.0668. The van der Waals surface area contributed by atoms with E-state index in [1.54, 1.807) is 24.7 Å². The molecule has 11 heteroatoms. The fourth-order valence-corrected chi connectivity index (χ4v) is 3.76. The Hall–Kier alpha value is -4.02. The van der Waals surface area contributed by atoms with Gasteiger partial charge >= 0.3 is 0 Å². The Bertz CT molecular complexity index is 1160. The number of nitrogens with zero attached hydrogens (tertiary/aromatic N) is 9. The van der Waals surface area contributed by atoms with E-state index in [1.807, 2.05) is 23.1 Å². The number of carbonyl (C=O) groups is 1. The highest BCUT2D eigenvalue weighted by molar-refractivity contribution is 5.94. The molecule has 1 aliphatic heterocycles. The third kappa shape index (κ3) is 4.15. The number of benzene rings is 1. The standard InChI is InChI=1S/C20H19N9O2/c30-20(15-4-1-5-16(10-15)29-13-23-26-27-29)28-8-2-3-14(12-28)9-18-24-19(25-31-18)17-11-21-6-7-22-17/h1,4-7,10-11,13-14H,2-3,8-9,12H2. The monoisotopic (exact) mass is 417 g/mol. The van der Waals surface area contributed by atoms with E-state index in [-0.39, 0.29) is 11.8 Å². The quantitative estimate of drug-likeness (QED) is 0.475. The summed E-state index contributed by atoms with van der Waals surface area (Å²) in [6, 6.07) is 7.30. The van der Waals surface area contributed by atoms with Gasteiger partial charge in [0.05, 0.1) is 11.9 Å². The highest BCUT2D eigenvalue weighted by Crippen LogP contribution is 2.23. The Balaban J connectivity index is 1.26. The molecule has 1 aliphatic rings. The molecule has 11 nitrogen and oxygen atoms in total. The second-order valence-electron chi connectivity index (χ2n) is 7.37. The highest BCUT2D eigenvalue weighted by atomic mass is 16.5. The van der Waals surface area contributed by atoms with Crippen molar-refractivity contribution in [1.82, 2.24) is 45.2 Å². The fourth-order valence-electron chi connectivity index (χ4n) is 3.76. The average Bonchev–Trinajstić information content (AvgIpc) is 3.52. The first-order chi connectivity index (χ1) is 15.3. The van der Waals surface area contributed by atoms with Crippen molar-refractivity contribution in [3.05, 3.63) is 60.6 Å². The van der Waals surface area contributed by atoms with E-state index in [9.17, 15) is 4.79 Å². The molecular formula is C20H19N9O2. The summed E-state index contributed by atoms with van der Waals surface area (Å²) >= 11 is 0. The molecule has 0 radical (unpaired) electrons. The topological polar surface area (TPSA) is 129 Å². The van der Waals surface area contributed by atoms with Crippen LogP contribution in [0.4, 0.5) is 0 Å². The van der Waals surface area contributed by atoms with Crippen molar-refractivity contribution in [3.8, 4) is 17.2 Å². The number of likely N-dealkylation sites (tertiary alicyclic amines) is 1. The maximum absolute atomic E-state index is 13.1. The van der Waals surface area contributed by atoms with Gasteiger partial charge < -0.3 is 9.42 Å². The Labute approximate surface area is 177 Å². The smallest absolute Gasteiger partial charge is 0.253 e. The fraction of sp³-hybridized carbons (Fsp3) is 0.300.